The lowest BCUT2D eigenvalue weighted by molar-refractivity contribution is -0.325. The molecule has 1 rings (SSSR count). The van der Waals surface area contributed by atoms with Gasteiger partial charge in [-0.1, -0.05) is 0 Å². The topological polar surface area (TPSA) is 68.9 Å². The van der Waals surface area contributed by atoms with E-state index in [-0.39, 0.29) is 11.5 Å². The largest absolute Gasteiger partial charge is 0.522 e. The van der Waals surface area contributed by atoms with Crippen LogP contribution in [0.25, 0.3) is 0 Å². The summed E-state index contributed by atoms with van der Waals surface area (Å²) in [4.78, 5) is 11.2. The first-order valence-corrected chi connectivity index (χ1v) is 4.48. The van der Waals surface area contributed by atoms with Crippen LogP contribution in [0.4, 0.5) is 13.2 Å². The molecule has 0 bridgehead atoms. The van der Waals surface area contributed by atoms with Crippen molar-refractivity contribution < 1.29 is 32.2 Å². The van der Waals surface area contributed by atoms with Gasteiger partial charge in [-0.05, 0) is 0 Å². The molecule has 0 unspecified atom stereocenters. The monoisotopic (exact) mass is 254 g/mol. The first-order chi connectivity index (χ1) is 7.92. The Kier molecular flexibility index (Phi) is 4.53. The van der Waals surface area contributed by atoms with Gasteiger partial charge in [0.15, 0.2) is 0 Å². The number of hydrogen-bond acceptors (Lipinski definition) is 5. The summed E-state index contributed by atoms with van der Waals surface area (Å²) in [5.41, 5.74) is -0.590. The van der Waals surface area contributed by atoms with E-state index in [0.717, 1.165) is 12.3 Å². The van der Waals surface area contributed by atoms with Crippen molar-refractivity contribution in [3.8, 4) is 5.75 Å². The molecule has 17 heavy (non-hydrogen) atoms. The predicted molar refractivity (Wildman–Crippen MR) is 48.4 cm³/mol. The summed E-state index contributed by atoms with van der Waals surface area (Å²) in [6.45, 7) is -1.62. The molecule has 1 N–H and O–H groups in total. The SMILES string of the molecule is O=c1cc(CO)occ1OCCOC(F)(F)F. The van der Waals surface area contributed by atoms with Gasteiger partial charge >= 0.3 is 6.36 Å². The Bertz CT molecular complexity index is 412. The minimum absolute atomic E-state index is 0.0360. The van der Waals surface area contributed by atoms with Crippen LogP contribution in [0, 0.1) is 0 Å². The maximum atomic E-state index is 11.6. The lowest BCUT2D eigenvalue weighted by Gasteiger charge is -2.08. The zero-order valence-electron chi connectivity index (χ0n) is 8.49. The molecule has 1 aromatic heterocycles. The van der Waals surface area contributed by atoms with E-state index in [1.54, 1.807) is 0 Å². The summed E-state index contributed by atoms with van der Waals surface area (Å²) in [7, 11) is 0. The molecule has 8 heteroatoms. The highest BCUT2D eigenvalue weighted by Crippen LogP contribution is 2.15. The number of aliphatic hydroxyl groups is 1. The zero-order chi connectivity index (χ0) is 12.9. The fraction of sp³-hybridized carbons (Fsp3) is 0.444. The second kappa shape index (κ2) is 5.69. The van der Waals surface area contributed by atoms with Gasteiger partial charge < -0.3 is 14.3 Å². The highest BCUT2D eigenvalue weighted by atomic mass is 19.4. The minimum atomic E-state index is -4.73. The van der Waals surface area contributed by atoms with Crippen LogP contribution in [0.5, 0.6) is 5.75 Å². The molecule has 0 aliphatic rings. The predicted octanol–water partition coefficient (Wildman–Crippen LogP) is 1.05. The number of aliphatic hydroxyl groups excluding tert-OH is 1. The average Bonchev–Trinajstić information content (AvgIpc) is 2.24. The molecule has 0 fully saturated rings. The molecule has 1 heterocycles. The third-order valence-corrected chi connectivity index (χ3v) is 1.61. The molecule has 0 saturated carbocycles. The molecular weight excluding hydrogens is 245 g/mol. The van der Waals surface area contributed by atoms with Crippen LogP contribution in [0.2, 0.25) is 0 Å². The van der Waals surface area contributed by atoms with Crippen LogP contribution in [0.3, 0.4) is 0 Å². The fourth-order valence-electron chi connectivity index (χ4n) is 0.936. The summed E-state index contributed by atoms with van der Waals surface area (Å²) in [6, 6.07) is 0.986. The van der Waals surface area contributed by atoms with Crippen molar-refractivity contribution >= 4 is 0 Å². The van der Waals surface area contributed by atoms with E-state index in [2.05, 4.69) is 4.74 Å². The van der Waals surface area contributed by atoms with Crippen molar-refractivity contribution in [3.63, 3.8) is 0 Å². The number of hydrogen-bond donors (Lipinski definition) is 1. The fourth-order valence-corrected chi connectivity index (χ4v) is 0.936. The van der Waals surface area contributed by atoms with Crippen molar-refractivity contribution in [2.24, 2.45) is 0 Å². The quantitative estimate of drug-likeness (QED) is 0.795. The van der Waals surface area contributed by atoms with Gasteiger partial charge in [0.2, 0.25) is 11.2 Å². The Labute approximate surface area is 93.4 Å². The Balaban J connectivity index is 2.45. The van der Waals surface area contributed by atoms with E-state index < -0.39 is 31.6 Å². The summed E-state index contributed by atoms with van der Waals surface area (Å²) in [5, 5.41) is 8.64. The Hall–Kier alpha value is -1.54. The molecule has 0 saturated heterocycles. The molecular formula is C9H9F3O5. The number of halogens is 3. The lowest BCUT2D eigenvalue weighted by Crippen LogP contribution is -2.19. The molecule has 0 atom stereocenters. The van der Waals surface area contributed by atoms with Crippen molar-refractivity contribution in [3.05, 3.63) is 28.3 Å². The van der Waals surface area contributed by atoms with E-state index in [1.807, 2.05) is 0 Å². The highest BCUT2D eigenvalue weighted by Gasteiger charge is 2.28. The number of rotatable bonds is 5. The van der Waals surface area contributed by atoms with E-state index in [0.29, 0.717) is 0 Å². The molecule has 0 aliphatic carbocycles. The van der Waals surface area contributed by atoms with Crippen LogP contribution < -0.4 is 10.2 Å². The maximum Gasteiger partial charge on any atom is 0.522 e. The van der Waals surface area contributed by atoms with Crippen LogP contribution >= 0.6 is 0 Å². The van der Waals surface area contributed by atoms with Crippen LogP contribution in [0.15, 0.2) is 21.5 Å². The van der Waals surface area contributed by atoms with E-state index in [1.165, 1.54) is 0 Å². The average molecular weight is 254 g/mol. The van der Waals surface area contributed by atoms with E-state index >= 15 is 0 Å². The lowest BCUT2D eigenvalue weighted by atomic mass is 10.4. The van der Waals surface area contributed by atoms with Gasteiger partial charge in [0, 0.05) is 6.07 Å². The second-order valence-corrected chi connectivity index (χ2v) is 2.88. The molecule has 0 aromatic carbocycles. The standard InChI is InChI=1S/C9H9F3O5/c10-9(11,12)17-2-1-15-8-5-16-6(4-13)3-7(8)14/h3,5,13H,1-2,4H2. The zero-order valence-corrected chi connectivity index (χ0v) is 8.49. The smallest absolute Gasteiger partial charge is 0.484 e. The van der Waals surface area contributed by atoms with Crippen molar-refractivity contribution in [2.75, 3.05) is 13.2 Å². The van der Waals surface area contributed by atoms with Gasteiger partial charge in [-0.3, -0.25) is 9.53 Å². The molecule has 0 aliphatic heterocycles. The van der Waals surface area contributed by atoms with E-state index in [4.69, 9.17) is 14.3 Å². The van der Waals surface area contributed by atoms with Crippen LogP contribution in [-0.2, 0) is 11.3 Å². The van der Waals surface area contributed by atoms with Crippen LogP contribution in [0.1, 0.15) is 5.76 Å². The molecule has 1 aromatic rings. The molecule has 0 radical (unpaired) electrons. The van der Waals surface area contributed by atoms with Gasteiger partial charge in [0.25, 0.3) is 0 Å². The molecule has 0 spiro atoms. The number of alkyl halides is 3. The van der Waals surface area contributed by atoms with E-state index in [9.17, 15) is 18.0 Å². The summed E-state index contributed by atoms with van der Waals surface area (Å²) < 4.78 is 47.6. The minimum Gasteiger partial charge on any atom is -0.484 e. The summed E-state index contributed by atoms with van der Waals surface area (Å²) in [6.07, 6.45) is -3.81. The van der Waals surface area contributed by atoms with Gasteiger partial charge in [0.1, 0.15) is 25.2 Å². The first-order valence-electron chi connectivity index (χ1n) is 4.48. The Morgan fingerprint density at radius 3 is 2.59 bits per heavy atom. The first kappa shape index (κ1) is 13.5. The Morgan fingerprint density at radius 2 is 2.06 bits per heavy atom. The molecule has 96 valence electrons. The van der Waals surface area contributed by atoms with Crippen molar-refractivity contribution in [1.82, 2.24) is 0 Å². The molecule has 0 amide bonds. The second-order valence-electron chi connectivity index (χ2n) is 2.88. The third-order valence-electron chi connectivity index (χ3n) is 1.61. The highest BCUT2D eigenvalue weighted by molar-refractivity contribution is 5.17. The normalized spacial score (nSPS) is 11.5. The molecule has 5 nitrogen and oxygen atoms in total. The van der Waals surface area contributed by atoms with Crippen LogP contribution in [-0.4, -0.2) is 24.7 Å². The van der Waals surface area contributed by atoms with Gasteiger partial charge in [0.05, 0.1) is 6.61 Å². The van der Waals surface area contributed by atoms with Crippen molar-refractivity contribution in [1.29, 1.82) is 0 Å². The summed E-state index contributed by atoms with van der Waals surface area (Å²) in [5.74, 6) is -0.207. The maximum absolute atomic E-state index is 11.6. The van der Waals surface area contributed by atoms with Crippen molar-refractivity contribution in [2.45, 2.75) is 13.0 Å². The van der Waals surface area contributed by atoms with Gasteiger partial charge in [-0.2, -0.15) is 0 Å². The number of ether oxygens (including phenoxy) is 2. The van der Waals surface area contributed by atoms with Gasteiger partial charge in [-0.15, -0.1) is 13.2 Å². The Morgan fingerprint density at radius 1 is 1.35 bits per heavy atom. The third kappa shape index (κ3) is 4.87. The van der Waals surface area contributed by atoms with Gasteiger partial charge in [-0.25, -0.2) is 0 Å². The summed E-state index contributed by atoms with van der Waals surface area (Å²) >= 11 is 0.